The number of hydrogen-bond donors (Lipinski definition) is 0. The topological polar surface area (TPSA) is 3.24 Å². The first-order chi connectivity index (χ1) is 6.10. The van der Waals surface area contributed by atoms with Gasteiger partial charge in [-0.1, -0.05) is 41.0 Å². The van der Waals surface area contributed by atoms with Gasteiger partial charge in [-0.3, -0.25) is 0 Å². The first kappa shape index (κ1) is 13.0. The van der Waals surface area contributed by atoms with E-state index in [0.29, 0.717) is 0 Å². The molecule has 0 heterocycles. The summed E-state index contributed by atoms with van der Waals surface area (Å²) >= 11 is 0. The summed E-state index contributed by atoms with van der Waals surface area (Å²) in [6.45, 7) is 15.3. The zero-order valence-corrected chi connectivity index (χ0v) is 10.1. The van der Waals surface area contributed by atoms with Gasteiger partial charge in [0.25, 0.3) is 0 Å². The zero-order valence-electron chi connectivity index (χ0n) is 10.1. The van der Waals surface area contributed by atoms with Crippen LogP contribution in [-0.4, -0.2) is 24.5 Å². The van der Waals surface area contributed by atoms with Crippen LogP contribution >= 0.6 is 0 Å². The summed E-state index contributed by atoms with van der Waals surface area (Å²) in [6, 6.07) is 0. The van der Waals surface area contributed by atoms with E-state index in [1.807, 2.05) is 0 Å². The molecule has 0 bridgehead atoms. The summed E-state index contributed by atoms with van der Waals surface area (Å²) in [6.07, 6.45) is 2.64. The summed E-state index contributed by atoms with van der Waals surface area (Å²) in [7, 11) is 0. The van der Waals surface area contributed by atoms with Gasteiger partial charge in [0.15, 0.2) is 0 Å². The summed E-state index contributed by atoms with van der Waals surface area (Å²) in [5, 5.41) is 0. The molecule has 0 aromatic heterocycles. The van der Waals surface area contributed by atoms with Crippen LogP contribution in [0.25, 0.3) is 0 Å². The van der Waals surface area contributed by atoms with Gasteiger partial charge < -0.3 is 4.90 Å². The molecule has 0 aromatic carbocycles. The van der Waals surface area contributed by atoms with Crippen LogP contribution in [0.5, 0.6) is 0 Å². The maximum absolute atomic E-state index is 2.58. The van der Waals surface area contributed by atoms with Crippen LogP contribution in [0.2, 0.25) is 0 Å². The molecule has 0 fully saturated rings. The van der Waals surface area contributed by atoms with E-state index >= 15 is 0 Å². The summed E-state index contributed by atoms with van der Waals surface area (Å²) in [5.41, 5.74) is 0. The molecule has 0 saturated heterocycles. The van der Waals surface area contributed by atoms with Gasteiger partial charge in [-0.25, -0.2) is 0 Å². The third-order valence-electron chi connectivity index (χ3n) is 2.74. The summed E-state index contributed by atoms with van der Waals surface area (Å²) in [5.74, 6) is 1.69. The van der Waals surface area contributed by atoms with E-state index in [0.717, 1.165) is 11.8 Å². The van der Waals surface area contributed by atoms with Gasteiger partial charge in [-0.05, 0) is 31.3 Å². The minimum atomic E-state index is 0.839. The van der Waals surface area contributed by atoms with Crippen molar-refractivity contribution in [2.24, 2.45) is 11.8 Å². The minimum Gasteiger partial charge on any atom is -0.303 e. The fraction of sp³-hybridized carbons (Fsp3) is 1.00. The van der Waals surface area contributed by atoms with Crippen molar-refractivity contribution in [2.45, 2.75) is 47.5 Å². The third kappa shape index (κ3) is 7.06. The van der Waals surface area contributed by atoms with Crippen molar-refractivity contribution in [3.63, 3.8) is 0 Å². The Hall–Kier alpha value is -0.0400. The molecule has 0 aliphatic carbocycles. The van der Waals surface area contributed by atoms with Crippen molar-refractivity contribution in [3.8, 4) is 0 Å². The molecule has 1 nitrogen and oxygen atoms in total. The highest BCUT2D eigenvalue weighted by Crippen LogP contribution is 2.07. The van der Waals surface area contributed by atoms with E-state index in [-0.39, 0.29) is 0 Å². The van der Waals surface area contributed by atoms with Gasteiger partial charge in [0.05, 0.1) is 0 Å². The molecule has 0 saturated carbocycles. The Morgan fingerprint density at radius 3 is 2.08 bits per heavy atom. The van der Waals surface area contributed by atoms with E-state index < -0.39 is 0 Å². The smallest absolute Gasteiger partial charge is 0.000680 e. The molecular weight excluding hydrogens is 158 g/mol. The second-order valence-corrected chi connectivity index (χ2v) is 4.59. The average molecular weight is 185 g/mol. The average Bonchev–Trinajstić information content (AvgIpc) is 2.11. The lowest BCUT2D eigenvalue weighted by atomic mass is 10.1. The molecule has 0 aliphatic rings. The molecule has 0 amide bonds. The second kappa shape index (κ2) is 7.37. The lowest BCUT2D eigenvalue weighted by Crippen LogP contribution is -2.29. The van der Waals surface area contributed by atoms with Gasteiger partial charge in [-0.2, -0.15) is 0 Å². The number of nitrogens with zero attached hydrogens (tertiary/aromatic N) is 1. The maximum atomic E-state index is 2.58. The Bertz CT molecular complexity index is 110. The predicted octanol–water partition coefficient (Wildman–Crippen LogP) is 3.40. The molecule has 0 aliphatic heterocycles. The van der Waals surface area contributed by atoms with E-state index in [1.165, 1.54) is 32.5 Å². The molecule has 80 valence electrons. The lowest BCUT2D eigenvalue weighted by Gasteiger charge is -2.24. The molecule has 0 unspecified atom stereocenters. The van der Waals surface area contributed by atoms with Crippen molar-refractivity contribution in [1.82, 2.24) is 4.90 Å². The highest BCUT2D eigenvalue weighted by Gasteiger charge is 2.07. The molecule has 1 atom stereocenters. The highest BCUT2D eigenvalue weighted by molar-refractivity contribution is 4.61. The van der Waals surface area contributed by atoms with Crippen molar-refractivity contribution in [2.75, 3.05) is 19.6 Å². The normalized spacial score (nSPS) is 14.1. The summed E-state index contributed by atoms with van der Waals surface area (Å²) in [4.78, 5) is 2.58. The van der Waals surface area contributed by atoms with Crippen LogP contribution in [0.1, 0.15) is 47.5 Å². The quantitative estimate of drug-likeness (QED) is 0.587. The van der Waals surface area contributed by atoms with E-state index in [1.54, 1.807) is 0 Å². The van der Waals surface area contributed by atoms with Crippen LogP contribution in [0, 0.1) is 11.8 Å². The Morgan fingerprint density at radius 1 is 1.08 bits per heavy atom. The standard InChI is InChI=1S/C12H27N/c1-6-12(5)10-13(7-2)9-8-11(3)4/h11-12H,6-10H2,1-5H3/t12-/m1/s1. The SMILES string of the molecule is CC[C@@H](C)CN(CC)CCC(C)C. The summed E-state index contributed by atoms with van der Waals surface area (Å²) < 4.78 is 0. The molecule has 0 rings (SSSR count). The number of rotatable bonds is 7. The molecule has 0 radical (unpaired) electrons. The van der Waals surface area contributed by atoms with Gasteiger partial charge in [0.2, 0.25) is 0 Å². The largest absolute Gasteiger partial charge is 0.303 e. The predicted molar refractivity (Wildman–Crippen MR) is 61.0 cm³/mol. The second-order valence-electron chi connectivity index (χ2n) is 4.59. The Morgan fingerprint density at radius 2 is 1.69 bits per heavy atom. The van der Waals surface area contributed by atoms with Crippen LogP contribution in [0.4, 0.5) is 0 Å². The van der Waals surface area contributed by atoms with Crippen LogP contribution in [-0.2, 0) is 0 Å². The van der Waals surface area contributed by atoms with Gasteiger partial charge in [0, 0.05) is 6.54 Å². The van der Waals surface area contributed by atoms with E-state index in [9.17, 15) is 0 Å². The monoisotopic (exact) mass is 185 g/mol. The van der Waals surface area contributed by atoms with Crippen molar-refractivity contribution < 1.29 is 0 Å². The molecular formula is C12H27N. The Balaban J connectivity index is 3.62. The lowest BCUT2D eigenvalue weighted by molar-refractivity contribution is 0.233. The van der Waals surface area contributed by atoms with Crippen molar-refractivity contribution in [1.29, 1.82) is 0 Å². The van der Waals surface area contributed by atoms with Crippen LogP contribution in [0.3, 0.4) is 0 Å². The number of hydrogen-bond acceptors (Lipinski definition) is 1. The zero-order chi connectivity index (χ0) is 10.3. The first-order valence-corrected chi connectivity index (χ1v) is 5.82. The van der Waals surface area contributed by atoms with Crippen LogP contribution < -0.4 is 0 Å². The van der Waals surface area contributed by atoms with Crippen molar-refractivity contribution in [3.05, 3.63) is 0 Å². The fourth-order valence-corrected chi connectivity index (χ4v) is 1.39. The maximum Gasteiger partial charge on any atom is 0.000680 e. The third-order valence-corrected chi connectivity index (χ3v) is 2.74. The Labute approximate surface area is 84.5 Å². The highest BCUT2D eigenvalue weighted by atomic mass is 15.1. The molecule has 0 N–H and O–H groups in total. The molecule has 13 heavy (non-hydrogen) atoms. The Kier molecular flexibility index (Phi) is 7.35. The fourth-order valence-electron chi connectivity index (χ4n) is 1.39. The van der Waals surface area contributed by atoms with Gasteiger partial charge in [-0.15, -0.1) is 0 Å². The molecule has 0 aromatic rings. The van der Waals surface area contributed by atoms with Gasteiger partial charge >= 0.3 is 0 Å². The van der Waals surface area contributed by atoms with E-state index in [2.05, 4.69) is 39.5 Å². The van der Waals surface area contributed by atoms with Crippen molar-refractivity contribution >= 4 is 0 Å². The molecule has 1 heteroatoms. The van der Waals surface area contributed by atoms with Gasteiger partial charge in [0.1, 0.15) is 0 Å². The minimum absolute atomic E-state index is 0.839. The van der Waals surface area contributed by atoms with E-state index in [4.69, 9.17) is 0 Å². The first-order valence-electron chi connectivity index (χ1n) is 5.82. The van der Waals surface area contributed by atoms with Crippen LogP contribution in [0.15, 0.2) is 0 Å². The molecule has 0 spiro atoms.